The van der Waals surface area contributed by atoms with Crippen LogP contribution in [-0.2, 0) is 22.4 Å². The second-order valence-corrected chi connectivity index (χ2v) is 14.9. The Morgan fingerprint density at radius 2 is 1.72 bits per heavy atom. The first-order chi connectivity index (χ1) is 24.2. The van der Waals surface area contributed by atoms with Crippen LogP contribution in [0.4, 0.5) is 10.7 Å². The van der Waals surface area contributed by atoms with E-state index in [9.17, 15) is 19.6 Å². The molecule has 5 aromatic rings. The first-order valence-corrected chi connectivity index (χ1v) is 18.0. The monoisotopic (exact) mass is 700 g/mol. The van der Waals surface area contributed by atoms with Crippen molar-refractivity contribution in [2.24, 2.45) is 5.92 Å². The number of carbonyl (C=O) groups is 3. The summed E-state index contributed by atoms with van der Waals surface area (Å²) in [5, 5.41) is 18.6. The maximum Gasteiger partial charge on any atom is 0.272 e. The van der Waals surface area contributed by atoms with Crippen LogP contribution in [0, 0.1) is 24.2 Å². The Balaban J connectivity index is 1.13. The predicted molar refractivity (Wildman–Crippen MR) is 200 cm³/mol. The molecule has 0 fully saturated rings. The molecule has 252 valence electrons. The lowest BCUT2D eigenvalue weighted by Crippen LogP contribution is -2.30. The summed E-state index contributed by atoms with van der Waals surface area (Å²) in [4.78, 5) is 41.8. The number of rotatable bonds is 10. The number of hydrogen-bond donors (Lipinski definition) is 3. The quantitative estimate of drug-likeness (QED) is 0.0988. The molecule has 2 atom stereocenters. The summed E-state index contributed by atoms with van der Waals surface area (Å²) in [5.41, 5.74) is 4.62. The molecule has 3 amide bonds. The van der Waals surface area contributed by atoms with Gasteiger partial charge >= 0.3 is 0 Å². The van der Waals surface area contributed by atoms with Crippen molar-refractivity contribution in [3.63, 3.8) is 0 Å². The standard InChI is InChI=1S/C40H36N4O4S2/c1-24-9-12-27(13-10-24)35-20-16-30(48-35)22-34(43-38(46)28-7-5-4-6-8-28)39(47)42-29-14-17-31(18-15-29)49-26(3)37(45)44-40-33(23-41)32-19-11-25(2)21-36(32)50-40/h4-10,12-18,20,22,25-26H,11,19,21H2,1-3H3,(H,42,47)(H,43,46)(H,44,45). The zero-order valence-corrected chi connectivity index (χ0v) is 29.5. The highest BCUT2D eigenvalue weighted by Crippen LogP contribution is 2.39. The summed E-state index contributed by atoms with van der Waals surface area (Å²) >= 11 is 2.89. The molecule has 2 aromatic heterocycles. The Labute approximate surface area is 299 Å². The van der Waals surface area contributed by atoms with Crippen LogP contribution in [0.5, 0.6) is 0 Å². The Hall–Kier alpha value is -5.37. The fourth-order valence-electron chi connectivity index (χ4n) is 5.63. The normalized spacial score (nSPS) is 14.6. The number of nitriles is 1. The maximum atomic E-state index is 13.6. The number of benzene rings is 3. The second kappa shape index (κ2) is 15.5. The number of thiophene rings is 1. The van der Waals surface area contributed by atoms with Gasteiger partial charge in [0.1, 0.15) is 28.3 Å². The topological polar surface area (TPSA) is 124 Å². The smallest absolute Gasteiger partial charge is 0.272 e. The first kappa shape index (κ1) is 34.5. The van der Waals surface area contributed by atoms with Crippen molar-refractivity contribution >= 4 is 57.6 Å². The van der Waals surface area contributed by atoms with Gasteiger partial charge in [-0.1, -0.05) is 55.0 Å². The lowest BCUT2D eigenvalue weighted by Gasteiger charge is -2.17. The Morgan fingerprint density at radius 1 is 0.980 bits per heavy atom. The van der Waals surface area contributed by atoms with E-state index in [0.717, 1.165) is 40.8 Å². The fourth-order valence-corrected chi connectivity index (χ4v) is 7.86. The molecular formula is C40H36N4O4S2. The summed E-state index contributed by atoms with van der Waals surface area (Å²) in [6, 6.07) is 29.6. The third-order valence-corrected chi connectivity index (χ3v) is 10.7. The van der Waals surface area contributed by atoms with Crippen LogP contribution in [0.3, 0.4) is 0 Å². The molecule has 2 unspecified atom stereocenters. The van der Waals surface area contributed by atoms with Crippen LogP contribution >= 0.6 is 23.1 Å². The van der Waals surface area contributed by atoms with Crippen LogP contribution in [0.15, 0.2) is 106 Å². The van der Waals surface area contributed by atoms with E-state index in [2.05, 4.69) is 28.9 Å². The number of anilines is 2. The van der Waals surface area contributed by atoms with Gasteiger partial charge in [-0.25, -0.2) is 0 Å². The van der Waals surface area contributed by atoms with Crippen LogP contribution in [0.1, 0.15) is 58.0 Å². The number of aryl methyl sites for hydroxylation is 1. The van der Waals surface area contributed by atoms with Crippen LogP contribution in [0.2, 0.25) is 0 Å². The molecule has 1 aliphatic rings. The van der Waals surface area contributed by atoms with Crippen LogP contribution in [0.25, 0.3) is 17.4 Å². The zero-order chi connectivity index (χ0) is 35.2. The van der Waals surface area contributed by atoms with Crippen molar-refractivity contribution in [3.05, 3.63) is 130 Å². The molecule has 0 saturated heterocycles. The van der Waals surface area contributed by atoms with Crippen molar-refractivity contribution in [1.29, 1.82) is 5.26 Å². The minimum Gasteiger partial charge on any atom is -0.457 e. The Bertz CT molecular complexity index is 2090. The second-order valence-electron chi connectivity index (χ2n) is 12.3. The van der Waals surface area contributed by atoms with E-state index in [1.54, 1.807) is 42.5 Å². The van der Waals surface area contributed by atoms with E-state index >= 15 is 0 Å². The van der Waals surface area contributed by atoms with Gasteiger partial charge in [-0.3, -0.25) is 14.4 Å². The molecule has 3 aromatic carbocycles. The molecule has 10 heteroatoms. The van der Waals surface area contributed by atoms with Gasteiger partial charge < -0.3 is 20.4 Å². The fraction of sp³-hybridized carbons (Fsp3) is 0.200. The lowest BCUT2D eigenvalue weighted by atomic mass is 9.89. The van der Waals surface area contributed by atoms with E-state index in [1.807, 2.05) is 62.4 Å². The molecule has 50 heavy (non-hydrogen) atoms. The number of nitrogens with one attached hydrogen (secondary N) is 3. The number of amides is 3. The molecule has 0 bridgehead atoms. The van der Waals surface area contributed by atoms with E-state index in [4.69, 9.17) is 4.42 Å². The van der Waals surface area contributed by atoms with Crippen molar-refractivity contribution in [3.8, 4) is 17.4 Å². The van der Waals surface area contributed by atoms with Gasteiger partial charge in [-0.2, -0.15) is 5.26 Å². The van der Waals surface area contributed by atoms with Gasteiger partial charge in [-0.15, -0.1) is 23.1 Å². The number of carbonyl (C=O) groups excluding carboxylic acids is 3. The number of fused-ring (bicyclic) bond motifs is 1. The van der Waals surface area contributed by atoms with Gasteiger partial charge in [0.05, 0.1) is 10.8 Å². The van der Waals surface area contributed by atoms with Gasteiger partial charge in [0.15, 0.2) is 0 Å². The van der Waals surface area contributed by atoms with Crippen molar-refractivity contribution in [2.75, 3.05) is 10.6 Å². The molecule has 0 saturated carbocycles. The largest absolute Gasteiger partial charge is 0.457 e. The minimum absolute atomic E-state index is 0.00820. The predicted octanol–water partition coefficient (Wildman–Crippen LogP) is 8.84. The van der Waals surface area contributed by atoms with Gasteiger partial charge in [0.25, 0.3) is 11.8 Å². The van der Waals surface area contributed by atoms with E-state index in [-0.39, 0.29) is 11.6 Å². The molecular weight excluding hydrogens is 665 g/mol. The molecule has 1 aliphatic carbocycles. The summed E-state index contributed by atoms with van der Waals surface area (Å²) in [5.74, 6) is 0.464. The van der Waals surface area contributed by atoms with Crippen molar-refractivity contribution in [2.45, 2.75) is 50.2 Å². The highest BCUT2D eigenvalue weighted by atomic mass is 32.2. The molecule has 2 heterocycles. The third-order valence-electron chi connectivity index (χ3n) is 8.43. The summed E-state index contributed by atoms with van der Waals surface area (Å²) < 4.78 is 6.02. The average molecular weight is 701 g/mol. The lowest BCUT2D eigenvalue weighted by molar-refractivity contribution is -0.115. The van der Waals surface area contributed by atoms with E-state index in [0.29, 0.717) is 39.3 Å². The van der Waals surface area contributed by atoms with Gasteiger partial charge in [-0.05, 0) is 93.1 Å². The van der Waals surface area contributed by atoms with E-state index < -0.39 is 17.1 Å². The maximum absolute atomic E-state index is 13.6. The SMILES string of the molecule is Cc1ccc(-c2ccc(C=C(NC(=O)c3ccccc3)C(=O)Nc3ccc(SC(C)C(=O)Nc4sc5c(c4C#N)CCC(C)C5)cc3)o2)cc1. The average Bonchev–Trinajstić information content (AvgIpc) is 3.73. The third kappa shape index (κ3) is 8.25. The molecule has 3 N–H and O–H groups in total. The number of hydrogen-bond acceptors (Lipinski definition) is 7. The molecule has 6 rings (SSSR count). The Morgan fingerprint density at radius 3 is 2.44 bits per heavy atom. The number of thioether (sulfide) groups is 1. The van der Waals surface area contributed by atoms with Crippen LogP contribution < -0.4 is 16.0 Å². The molecule has 0 radical (unpaired) electrons. The van der Waals surface area contributed by atoms with Gasteiger partial charge in [0, 0.05) is 32.7 Å². The first-order valence-electron chi connectivity index (χ1n) is 16.4. The summed E-state index contributed by atoms with van der Waals surface area (Å²) in [6.45, 7) is 6.05. The van der Waals surface area contributed by atoms with Gasteiger partial charge in [0.2, 0.25) is 5.91 Å². The number of nitrogens with zero attached hydrogens (tertiary/aromatic N) is 1. The zero-order valence-electron chi connectivity index (χ0n) is 27.9. The molecule has 8 nitrogen and oxygen atoms in total. The van der Waals surface area contributed by atoms with Crippen molar-refractivity contribution < 1.29 is 18.8 Å². The Kier molecular flexibility index (Phi) is 10.7. The molecule has 0 spiro atoms. The van der Waals surface area contributed by atoms with Crippen molar-refractivity contribution in [1.82, 2.24) is 5.32 Å². The number of furan rings is 1. The summed E-state index contributed by atoms with van der Waals surface area (Å²) in [7, 11) is 0. The van der Waals surface area contributed by atoms with Crippen LogP contribution in [-0.4, -0.2) is 23.0 Å². The van der Waals surface area contributed by atoms with E-state index in [1.165, 1.54) is 34.1 Å². The molecule has 0 aliphatic heterocycles. The highest BCUT2D eigenvalue weighted by Gasteiger charge is 2.26. The highest BCUT2D eigenvalue weighted by molar-refractivity contribution is 8.00. The minimum atomic E-state index is -0.531. The summed E-state index contributed by atoms with van der Waals surface area (Å²) in [6.07, 6.45) is 4.36.